The molecule has 1 aromatic heterocycles. The number of hydrogen-bond acceptors (Lipinski definition) is 4. The van der Waals surface area contributed by atoms with Gasteiger partial charge >= 0.3 is 0 Å². The summed E-state index contributed by atoms with van der Waals surface area (Å²) in [5.74, 6) is 1.88. The number of nitrogens with one attached hydrogen (secondary N) is 2. The molecule has 6 heteroatoms. The topological polar surface area (TPSA) is 65.9 Å². The number of thiophene rings is 1. The molecule has 0 amide bonds. The van der Waals surface area contributed by atoms with Crippen LogP contribution >= 0.6 is 11.3 Å². The Labute approximate surface area is 153 Å². The summed E-state index contributed by atoms with van der Waals surface area (Å²) in [5, 5.41) is 18.9. The molecule has 2 rings (SSSR count). The van der Waals surface area contributed by atoms with E-state index in [1.807, 2.05) is 19.1 Å². The third-order valence-electron chi connectivity index (χ3n) is 3.80. The summed E-state index contributed by atoms with van der Waals surface area (Å²) >= 11 is 1.80. The minimum absolute atomic E-state index is 0.149. The van der Waals surface area contributed by atoms with Crippen LogP contribution in [-0.2, 0) is 13.0 Å². The van der Waals surface area contributed by atoms with E-state index in [1.165, 1.54) is 4.88 Å². The largest absolute Gasteiger partial charge is 0.504 e. The molecule has 0 aliphatic heterocycles. The Bertz CT molecular complexity index is 671. The molecule has 1 atom stereocenters. The number of para-hydroxylation sites is 1. The van der Waals surface area contributed by atoms with E-state index in [0.29, 0.717) is 18.2 Å². The number of ether oxygens (including phenoxy) is 1. The average molecular weight is 362 g/mol. The lowest BCUT2D eigenvalue weighted by Crippen LogP contribution is -2.39. The lowest BCUT2D eigenvalue weighted by atomic mass is 10.1. The van der Waals surface area contributed by atoms with Crippen molar-refractivity contribution in [3.8, 4) is 11.5 Å². The lowest BCUT2D eigenvalue weighted by molar-refractivity contribution is 0.370. The monoisotopic (exact) mass is 361 g/mol. The lowest BCUT2D eigenvalue weighted by Gasteiger charge is -2.15. The molecule has 0 bridgehead atoms. The molecule has 0 saturated carbocycles. The normalized spacial score (nSPS) is 12.7. The summed E-state index contributed by atoms with van der Waals surface area (Å²) in [6, 6.07) is 9.70. The van der Waals surface area contributed by atoms with Crippen molar-refractivity contribution in [1.82, 2.24) is 10.6 Å². The quantitative estimate of drug-likeness (QED) is 0.498. The smallest absolute Gasteiger partial charge is 0.191 e. The van der Waals surface area contributed by atoms with Crippen molar-refractivity contribution in [1.29, 1.82) is 0 Å². The molecule has 0 radical (unpaired) electrons. The van der Waals surface area contributed by atoms with E-state index in [0.717, 1.165) is 31.0 Å². The van der Waals surface area contributed by atoms with Crippen molar-refractivity contribution in [2.24, 2.45) is 10.9 Å². The summed E-state index contributed by atoms with van der Waals surface area (Å²) < 4.78 is 5.14. The Morgan fingerprint density at radius 3 is 2.80 bits per heavy atom. The van der Waals surface area contributed by atoms with Gasteiger partial charge in [0.15, 0.2) is 17.5 Å². The molecular weight excluding hydrogens is 334 g/mol. The van der Waals surface area contributed by atoms with Crippen LogP contribution in [0.1, 0.15) is 24.3 Å². The first-order valence-electron chi connectivity index (χ1n) is 8.53. The highest BCUT2D eigenvalue weighted by atomic mass is 32.1. The van der Waals surface area contributed by atoms with Gasteiger partial charge in [0.25, 0.3) is 0 Å². The first kappa shape index (κ1) is 19.1. The second kappa shape index (κ2) is 9.93. The Balaban J connectivity index is 1.93. The maximum atomic E-state index is 10.2. The highest BCUT2D eigenvalue weighted by Gasteiger charge is 2.08. The third-order valence-corrected chi connectivity index (χ3v) is 4.70. The fraction of sp³-hybridized carbons (Fsp3) is 0.421. The molecule has 5 nitrogen and oxygen atoms in total. The van der Waals surface area contributed by atoms with Gasteiger partial charge in [-0.1, -0.05) is 25.1 Å². The number of phenolic OH excluding ortho intramolecular Hbond substituents is 1. The molecular formula is C19H27N3O2S. The van der Waals surface area contributed by atoms with Crippen molar-refractivity contribution < 1.29 is 9.84 Å². The second-order valence-electron chi connectivity index (χ2n) is 5.93. The van der Waals surface area contributed by atoms with E-state index in [2.05, 4.69) is 40.1 Å². The molecule has 0 fully saturated rings. The fourth-order valence-electron chi connectivity index (χ4n) is 2.48. The third kappa shape index (κ3) is 5.98. The summed E-state index contributed by atoms with van der Waals surface area (Å²) in [7, 11) is 1.54. The maximum absolute atomic E-state index is 10.2. The molecule has 2 aromatic rings. The molecule has 3 N–H and O–H groups in total. The van der Waals surface area contributed by atoms with E-state index < -0.39 is 0 Å². The standard InChI is InChI=1S/C19H27N3O2S/c1-4-20-19(21-12-14(2)11-16-8-6-10-25-16)22-13-15-7-5-9-17(24-3)18(15)23/h5-10,14,23H,4,11-13H2,1-3H3,(H2,20,21,22). The van der Waals surface area contributed by atoms with Gasteiger partial charge in [0.1, 0.15) is 0 Å². The summed E-state index contributed by atoms with van der Waals surface area (Å²) in [4.78, 5) is 5.97. The van der Waals surface area contributed by atoms with Gasteiger partial charge in [0, 0.05) is 23.5 Å². The molecule has 1 unspecified atom stereocenters. The predicted molar refractivity (Wildman–Crippen MR) is 105 cm³/mol. The Hall–Kier alpha value is -2.21. The molecule has 136 valence electrons. The van der Waals surface area contributed by atoms with Crippen molar-refractivity contribution in [2.75, 3.05) is 20.2 Å². The van der Waals surface area contributed by atoms with Crippen LogP contribution in [0.4, 0.5) is 0 Å². The Kier molecular flexibility index (Phi) is 7.60. The van der Waals surface area contributed by atoms with E-state index in [1.54, 1.807) is 24.5 Å². The highest BCUT2D eigenvalue weighted by molar-refractivity contribution is 7.09. The molecule has 1 aromatic carbocycles. The van der Waals surface area contributed by atoms with Gasteiger partial charge in [-0.05, 0) is 36.8 Å². The molecule has 0 spiro atoms. The summed E-state index contributed by atoms with van der Waals surface area (Å²) in [6.07, 6.45) is 1.06. The van der Waals surface area contributed by atoms with Crippen LogP contribution < -0.4 is 15.4 Å². The van der Waals surface area contributed by atoms with Crippen LogP contribution in [0.5, 0.6) is 11.5 Å². The summed E-state index contributed by atoms with van der Waals surface area (Å²) in [6.45, 7) is 6.28. The van der Waals surface area contributed by atoms with Crippen molar-refractivity contribution in [3.05, 3.63) is 46.2 Å². The van der Waals surface area contributed by atoms with Crippen LogP contribution in [0.2, 0.25) is 0 Å². The minimum Gasteiger partial charge on any atom is -0.504 e. The number of guanidine groups is 1. The number of aliphatic imine (C=N–C) groups is 1. The molecule has 0 aliphatic carbocycles. The number of methoxy groups -OCH3 is 1. The summed E-state index contributed by atoms with van der Waals surface area (Å²) in [5.41, 5.74) is 0.739. The van der Waals surface area contributed by atoms with Gasteiger partial charge in [0.05, 0.1) is 13.7 Å². The van der Waals surface area contributed by atoms with Crippen LogP contribution in [0.25, 0.3) is 0 Å². The van der Waals surface area contributed by atoms with Crippen LogP contribution in [0.3, 0.4) is 0 Å². The average Bonchev–Trinajstić information content (AvgIpc) is 3.11. The molecule has 0 aliphatic rings. The first-order chi connectivity index (χ1) is 12.1. The highest BCUT2D eigenvalue weighted by Crippen LogP contribution is 2.29. The van der Waals surface area contributed by atoms with E-state index in [9.17, 15) is 5.11 Å². The van der Waals surface area contributed by atoms with Gasteiger partial charge in [-0.25, -0.2) is 4.99 Å². The number of nitrogens with zero attached hydrogens (tertiary/aromatic N) is 1. The van der Waals surface area contributed by atoms with Gasteiger partial charge in [-0.2, -0.15) is 0 Å². The van der Waals surface area contributed by atoms with Gasteiger partial charge in [-0.15, -0.1) is 11.3 Å². The minimum atomic E-state index is 0.149. The van der Waals surface area contributed by atoms with Crippen LogP contribution in [0, 0.1) is 5.92 Å². The molecule has 1 heterocycles. The zero-order valence-electron chi connectivity index (χ0n) is 15.1. The Morgan fingerprint density at radius 2 is 2.12 bits per heavy atom. The van der Waals surface area contributed by atoms with E-state index in [4.69, 9.17) is 4.74 Å². The predicted octanol–water partition coefficient (Wildman–Crippen LogP) is 3.40. The van der Waals surface area contributed by atoms with Gasteiger partial charge < -0.3 is 20.5 Å². The van der Waals surface area contributed by atoms with Gasteiger partial charge in [0.2, 0.25) is 0 Å². The fourth-order valence-corrected chi connectivity index (χ4v) is 3.35. The maximum Gasteiger partial charge on any atom is 0.191 e. The van der Waals surface area contributed by atoms with Crippen molar-refractivity contribution in [2.45, 2.75) is 26.8 Å². The number of hydrogen-bond donors (Lipinski definition) is 3. The zero-order valence-corrected chi connectivity index (χ0v) is 15.9. The van der Waals surface area contributed by atoms with Gasteiger partial charge in [-0.3, -0.25) is 0 Å². The van der Waals surface area contributed by atoms with Crippen LogP contribution in [0.15, 0.2) is 40.7 Å². The first-order valence-corrected chi connectivity index (χ1v) is 9.41. The zero-order chi connectivity index (χ0) is 18.1. The number of rotatable bonds is 8. The van der Waals surface area contributed by atoms with E-state index >= 15 is 0 Å². The molecule has 0 saturated heterocycles. The van der Waals surface area contributed by atoms with Crippen molar-refractivity contribution in [3.63, 3.8) is 0 Å². The van der Waals surface area contributed by atoms with E-state index in [-0.39, 0.29) is 5.75 Å². The number of aromatic hydroxyl groups is 1. The van der Waals surface area contributed by atoms with Crippen molar-refractivity contribution >= 4 is 17.3 Å². The molecule has 25 heavy (non-hydrogen) atoms. The van der Waals surface area contributed by atoms with Crippen LogP contribution in [-0.4, -0.2) is 31.3 Å². The SMILES string of the molecule is CCNC(=NCc1cccc(OC)c1O)NCC(C)Cc1cccs1. The second-order valence-corrected chi connectivity index (χ2v) is 6.96. The number of benzene rings is 1. The Morgan fingerprint density at radius 1 is 1.28 bits per heavy atom. The number of phenols is 1.